The zero-order valence-electron chi connectivity index (χ0n) is 9.21. The summed E-state index contributed by atoms with van der Waals surface area (Å²) in [5.41, 5.74) is 1.23. The second-order valence-corrected chi connectivity index (χ2v) is 4.27. The van der Waals surface area contributed by atoms with Gasteiger partial charge in [-0.2, -0.15) is 0 Å². The summed E-state index contributed by atoms with van der Waals surface area (Å²) >= 11 is 0. The van der Waals surface area contributed by atoms with E-state index < -0.39 is 0 Å². The Balaban J connectivity index is 1.96. The van der Waals surface area contributed by atoms with Crippen molar-refractivity contribution in [1.29, 1.82) is 0 Å². The van der Waals surface area contributed by atoms with Gasteiger partial charge in [-0.1, -0.05) is 30.3 Å². The first-order valence-corrected chi connectivity index (χ1v) is 5.65. The Bertz CT molecular complexity index is 353. The molecule has 0 amide bonds. The molecule has 1 aliphatic heterocycles. The van der Waals surface area contributed by atoms with E-state index in [4.69, 9.17) is 0 Å². The number of benzene rings is 1. The van der Waals surface area contributed by atoms with Gasteiger partial charge in [-0.25, -0.2) is 0 Å². The highest BCUT2D eigenvalue weighted by molar-refractivity contribution is 5.14. The lowest BCUT2D eigenvalue weighted by Crippen LogP contribution is -2.34. The summed E-state index contributed by atoms with van der Waals surface area (Å²) in [7, 11) is 0. The molecule has 0 aromatic heterocycles. The van der Waals surface area contributed by atoms with Crippen molar-refractivity contribution in [1.82, 2.24) is 4.90 Å². The maximum absolute atomic E-state index is 10.5. The van der Waals surface area contributed by atoms with E-state index in [9.17, 15) is 10.1 Å². The van der Waals surface area contributed by atoms with Gasteiger partial charge in [0.15, 0.2) is 0 Å². The molecule has 1 aromatic rings. The van der Waals surface area contributed by atoms with Crippen molar-refractivity contribution in [3.05, 3.63) is 46.0 Å². The van der Waals surface area contributed by atoms with Gasteiger partial charge in [0.05, 0.1) is 6.04 Å². The van der Waals surface area contributed by atoms with Gasteiger partial charge in [-0.3, -0.25) is 15.0 Å². The van der Waals surface area contributed by atoms with Gasteiger partial charge in [0.1, 0.15) is 0 Å². The van der Waals surface area contributed by atoms with Crippen molar-refractivity contribution in [2.24, 2.45) is 0 Å². The van der Waals surface area contributed by atoms with Gasteiger partial charge >= 0.3 is 0 Å². The monoisotopic (exact) mass is 220 g/mol. The number of hydrogen-bond donors (Lipinski definition) is 0. The second-order valence-electron chi connectivity index (χ2n) is 4.27. The largest absolute Gasteiger partial charge is 0.290 e. The third kappa shape index (κ3) is 2.79. The van der Waals surface area contributed by atoms with E-state index in [1.165, 1.54) is 5.56 Å². The lowest BCUT2D eigenvalue weighted by molar-refractivity contribution is -0.486. The maximum atomic E-state index is 10.5. The fourth-order valence-corrected chi connectivity index (χ4v) is 2.30. The summed E-state index contributed by atoms with van der Waals surface area (Å²) in [5, 5.41) is 10.5. The van der Waals surface area contributed by atoms with Crippen LogP contribution in [0.25, 0.3) is 0 Å². The van der Waals surface area contributed by atoms with Crippen LogP contribution in [0.3, 0.4) is 0 Å². The van der Waals surface area contributed by atoms with Crippen LogP contribution in [0.4, 0.5) is 0 Å². The van der Waals surface area contributed by atoms with Crippen molar-refractivity contribution >= 4 is 0 Å². The molecule has 86 valence electrons. The van der Waals surface area contributed by atoms with Gasteiger partial charge in [0.25, 0.3) is 0 Å². The van der Waals surface area contributed by atoms with Gasteiger partial charge in [0.2, 0.25) is 6.54 Å². The lowest BCUT2D eigenvalue weighted by atomic mass is 10.2. The molecule has 0 saturated carbocycles. The second kappa shape index (κ2) is 5.07. The highest BCUT2D eigenvalue weighted by atomic mass is 16.6. The quantitative estimate of drug-likeness (QED) is 0.575. The van der Waals surface area contributed by atoms with Crippen molar-refractivity contribution in [2.75, 3.05) is 13.1 Å². The Morgan fingerprint density at radius 3 is 2.81 bits per heavy atom. The standard InChI is InChI=1S/C12H16N2O2/c15-14(16)10-12-7-4-8-13(12)9-11-5-2-1-3-6-11/h1-3,5-6,12H,4,7-10H2. The van der Waals surface area contributed by atoms with E-state index in [1.807, 2.05) is 18.2 Å². The molecule has 2 rings (SSSR count). The molecule has 0 spiro atoms. The van der Waals surface area contributed by atoms with Crippen LogP contribution in [-0.2, 0) is 6.54 Å². The topological polar surface area (TPSA) is 46.4 Å². The Hall–Kier alpha value is -1.42. The van der Waals surface area contributed by atoms with E-state index in [-0.39, 0.29) is 17.5 Å². The van der Waals surface area contributed by atoms with Gasteiger partial charge in [-0.15, -0.1) is 0 Å². The fraction of sp³-hybridized carbons (Fsp3) is 0.500. The van der Waals surface area contributed by atoms with Gasteiger partial charge in [-0.05, 0) is 24.9 Å². The van der Waals surface area contributed by atoms with Crippen LogP contribution in [0.2, 0.25) is 0 Å². The molecule has 1 aromatic carbocycles. The van der Waals surface area contributed by atoms with Crippen molar-refractivity contribution in [3.8, 4) is 0 Å². The van der Waals surface area contributed by atoms with Crippen LogP contribution < -0.4 is 0 Å². The molecular formula is C12H16N2O2. The molecule has 1 heterocycles. The molecule has 16 heavy (non-hydrogen) atoms. The zero-order chi connectivity index (χ0) is 11.4. The van der Waals surface area contributed by atoms with E-state index in [2.05, 4.69) is 17.0 Å². The summed E-state index contributed by atoms with van der Waals surface area (Å²) in [4.78, 5) is 12.6. The number of nitrogens with zero attached hydrogens (tertiary/aromatic N) is 2. The summed E-state index contributed by atoms with van der Waals surface area (Å²) < 4.78 is 0. The Morgan fingerprint density at radius 1 is 1.38 bits per heavy atom. The summed E-state index contributed by atoms with van der Waals surface area (Å²) in [6.07, 6.45) is 2.03. The van der Waals surface area contributed by atoms with E-state index in [0.717, 1.165) is 25.9 Å². The van der Waals surface area contributed by atoms with E-state index in [0.29, 0.717) is 0 Å². The van der Waals surface area contributed by atoms with Crippen LogP contribution in [0.15, 0.2) is 30.3 Å². The average Bonchev–Trinajstić information content (AvgIpc) is 2.66. The van der Waals surface area contributed by atoms with Gasteiger partial charge in [0, 0.05) is 11.5 Å². The van der Waals surface area contributed by atoms with Gasteiger partial charge < -0.3 is 0 Å². The third-order valence-corrected chi connectivity index (χ3v) is 3.09. The minimum Gasteiger partial charge on any atom is -0.290 e. The predicted molar refractivity (Wildman–Crippen MR) is 61.7 cm³/mol. The van der Waals surface area contributed by atoms with E-state index >= 15 is 0 Å². The Labute approximate surface area is 95.0 Å². The number of hydrogen-bond acceptors (Lipinski definition) is 3. The molecule has 0 bridgehead atoms. The van der Waals surface area contributed by atoms with Crippen LogP contribution in [0.5, 0.6) is 0 Å². The molecular weight excluding hydrogens is 204 g/mol. The summed E-state index contributed by atoms with van der Waals surface area (Å²) in [6.45, 7) is 1.89. The van der Waals surface area contributed by atoms with Crippen LogP contribution in [0, 0.1) is 10.1 Å². The highest BCUT2D eigenvalue weighted by Crippen LogP contribution is 2.19. The predicted octanol–water partition coefficient (Wildman–Crippen LogP) is 1.93. The van der Waals surface area contributed by atoms with Crippen molar-refractivity contribution < 1.29 is 4.92 Å². The Morgan fingerprint density at radius 2 is 2.12 bits per heavy atom. The molecule has 0 N–H and O–H groups in total. The summed E-state index contributed by atoms with van der Waals surface area (Å²) in [5.74, 6) is 0. The van der Waals surface area contributed by atoms with E-state index in [1.54, 1.807) is 0 Å². The SMILES string of the molecule is O=[N+]([O-])CC1CCCN1Cc1ccccc1. The van der Waals surface area contributed by atoms with Crippen LogP contribution >= 0.6 is 0 Å². The molecule has 1 aliphatic rings. The number of likely N-dealkylation sites (tertiary alicyclic amines) is 1. The highest BCUT2D eigenvalue weighted by Gasteiger charge is 2.28. The molecule has 1 atom stereocenters. The lowest BCUT2D eigenvalue weighted by Gasteiger charge is -2.21. The van der Waals surface area contributed by atoms with Crippen LogP contribution in [-0.4, -0.2) is 29.0 Å². The first-order valence-electron chi connectivity index (χ1n) is 5.65. The smallest absolute Gasteiger partial charge is 0.219 e. The molecule has 1 unspecified atom stereocenters. The third-order valence-electron chi connectivity index (χ3n) is 3.09. The summed E-state index contributed by atoms with van der Waals surface area (Å²) in [6, 6.07) is 10.3. The molecule has 1 fully saturated rings. The minimum absolute atomic E-state index is 0.0762. The molecule has 1 saturated heterocycles. The zero-order valence-corrected chi connectivity index (χ0v) is 9.21. The normalized spacial score (nSPS) is 21.1. The molecule has 0 radical (unpaired) electrons. The molecule has 4 nitrogen and oxygen atoms in total. The number of rotatable bonds is 4. The maximum Gasteiger partial charge on any atom is 0.219 e. The van der Waals surface area contributed by atoms with Crippen molar-refractivity contribution in [3.63, 3.8) is 0 Å². The first kappa shape index (κ1) is 11.1. The molecule has 0 aliphatic carbocycles. The van der Waals surface area contributed by atoms with Crippen LogP contribution in [0.1, 0.15) is 18.4 Å². The first-order chi connectivity index (χ1) is 7.75. The van der Waals surface area contributed by atoms with Crippen molar-refractivity contribution in [2.45, 2.75) is 25.4 Å². The molecule has 4 heteroatoms. The minimum atomic E-state index is -0.200. The fourth-order valence-electron chi connectivity index (χ4n) is 2.30. The Kier molecular flexibility index (Phi) is 3.51. The average molecular weight is 220 g/mol. The number of nitro groups is 1.